The van der Waals surface area contributed by atoms with Crippen LogP contribution in [0.25, 0.3) is 0 Å². The third kappa shape index (κ3) is 4.34. The Labute approximate surface area is 195 Å². The summed E-state index contributed by atoms with van der Waals surface area (Å²) in [6, 6.07) is 15.8. The second kappa shape index (κ2) is 8.78. The van der Waals surface area contributed by atoms with E-state index in [9.17, 15) is 4.79 Å². The Hall–Kier alpha value is -2.93. The number of piperidine rings is 1. The molecule has 0 aromatic heterocycles. The molecule has 0 radical (unpaired) electrons. The van der Waals surface area contributed by atoms with E-state index in [1.165, 1.54) is 16.5 Å². The summed E-state index contributed by atoms with van der Waals surface area (Å²) in [7, 11) is 1.60. The van der Waals surface area contributed by atoms with Gasteiger partial charge in [-0.15, -0.1) is 0 Å². The predicted octanol–water partition coefficient (Wildman–Crippen LogP) is 3.93. The fourth-order valence-corrected chi connectivity index (χ4v) is 4.95. The minimum absolute atomic E-state index is 0.100. The van der Waals surface area contributed by atoms with Gasteiger partial charge in [-0.25, -0.2) is 9.38 Å². The van der Waals surface area contributed by atoms with Crippen molar-refractivity contribution < 1.29 is 9.18 Å². The van der Waals surface area contributed by atoms with Crippen LogP contribution in [0, 0.1) is 11.2 Å². The summed E-state index contributed by atoms with van der Waals surface area (Å²) < 4.78 is 15.1. The molecule has 2 unspecified atom stereocenters. The van der Waals surface area contributed by atoms with E-state index in [-0.39, 0.29) is 23.7 Å². The Kier molecular flexibility index (Phi) is 6.18. The maximum atomic E-state index is 15.1. The minimum Gasteiger partial charge on any atom is -0.381 e. The second-order valence-electron chi connectivity index (χ2n) is 9.93. The van der Waals surface area contributed by atoms with Crippen LogP contribution in [-0.4, -0.2) is 47.8 Å². The van der Waals surface area contributed by atoms with E-state index in [2.05, 4.69) is 39.5 Å². The molecule has 0 bridgehead atoms. The average molecular weight is 452 g/mol. The molecule has 33 heavy (non-hydrogen) atoms. The predicted molar refractivity (Wildman–Crippen MR) is 130 cm³/mol. The molecule has 0 spiro atoms. The molecule has 2 atom stereocenters. The first-order valence-electron chi connectivity index (χ1n) is 11.6. The van der Waals surface area contributed by atoms with Crippen LogP contribution < -0.4 is 11.1 Å². The molecule has 2 aromatic carbocycles. The van der Waals surface area contributed by atoms with Crippen molar-refractivity contribution in [1.29, 1.82) is 0 Å². The number of carbonyl (C=O) groups excluding carboxylic acids is 1. The highest BCUT2D eigenvalue weighted by Gasteiger charge is 2.53. The smallest absolute Gasteiger partial charge is 0.237 e. The molecule has 1 amide bonds. The summed E-state index contributed by atoms with van der Waals surface area (Å²) in [4.78, 5) is 21.4. The number of amides is 1. The molecule has 2 aliphatic heterocycles. The van der Waals surface area contributed by atoms with Crippen LogP contribution in [0.3, 0.4) is 0 Å². The molecular weight excluding hydrogens is 417 g/mol. The third-order valence-electron chi connectivity index (χ3n) is 7.35. The first-order valence-corrected chi connectivity index (χ1v) is 11.6. The first kappa shape index (κ1) is 23.2. The van der Waals surface area contributed by atoms with Crippen molar-refractivity contribution in [3.05, 3.63) is 65.5 Å². The molecule has 0 aliphatic carbocycles. The largest absolute Gasteiger partial charge is 0.381 e. The molecule has 4 rings (SSSR count). The normalized spacial score (nSPS) is 25.6. The fourth-order valence-electron chi connectivity index (χ4n) is 4.95. The van der Waals surface area contributed by atoms with Crippen LogP contribution in [0.5, 0.6) is 0 Å². The topological polar surface area (TPSA) is 74.0 Å². The van der Waals surface area contributed by atoms with Crippen LogP contribution in [0.4, 0.5) is 10.1 Å². The number of nitrogens with two attached hydrogens (primary N) is 1. The van der Waals surface area contributed by atoms with E-state index in [1.54, 1.807) is 40.0 Å². The number of likely N-dealkylation sites (tertiary alicyclic amines) is 1. The van der Waals surface area contributed by atoms with E-state index >= 15 is 4.39 Å². The minimum atomic E-state index is -1.12. The average Bonchev–Trinajstić information content (AvgIpc) is 2.79. The standard InChI is InChI=1S/C26H34FN5O/c1-25(2)23(33)31(4)24(28)30-26(25,3)21-15-19(12-13-22(21)27)29-20-11-8-14-32(17-20)16-18-9-6-5-7-10-18/h5-7,9-10,12-13,15,20,29H,8,11,14,16-17H2,1-4H3,(H2,28,30). The Bertz CT molecular complexity index is 1050. The van der Waals surface area contributed by atoms with Crippen molar-refractivity contribution in [2.24, 2.45) is 16.1 Å². The number of benzene rings is 2. The first-order chi connectivity index (χ1) is 15.6. The summed E-state index contributed by atoms with van der Waals surface area (Å²) >= 11 is 0. The Balaban J connectivity index is 1.56. The van der Waals surface area contributed by atoms with Crippen molar-refractivity contribution in [3.8, 4) is 0 Å². The van der Waals surface area contributed by atoms with Gasteiger partial charge in [-0.2, -0.15) is 0 Å². The quantitative estimate of drug-likeness (QED) is 0.722. The summed E-state index contributed by atoms with van der Waals surface area (Å²) in [6.07, 6.45) is 2.15. The van der Waals surface area contributed by atoms with Crippen LogP contribution in [0.15, 0.2) is 53.5 Å². The zero-order valence-corrected chi connectivity index (χ0v) is 19.9. The lowest BCUT2D eigenvalue weighted by molar-refractivity contribution is -0.140. The van der Waals surface area contributed by atoms with Crippen LogP contribution in [0.2, 0.25) is 0 Å². The number of hydrogen-bond donors (Lipinski definition) is 2. The van der Waals surface area contributed by atoms with Crippen molar-refractivity contribution in [3.63, 3.8) is 0 Å². The highest BCUT2D eigenvalue weighted by Crippen LogP contribution is 2.47. The zero-order chi connectivity index (χ0) is 23.8. The zero-order valence-electron chi connectivity index (χ0n) is 19.9. The number of carbonyl (C=O) groups is 1. The molecule has 2 aromatic rings. The van der Waals surface area contributed by atoms with Crippen LogP contribution >= 0.6 is 0 Å². The Morgan fingerprint density at radius 2 is 1.91 bits per heavy atom. The highest BCUT2D eigenvalue weighted by molar-refractivity contribution is 6.01. The van der Waals surface area contributed by atoms with E-state index in [0.717, 1.165) is 38.2 Å². The molecule has 3 N–H and O–H groups in total. The Morgan fingerprint density at radius 1 is 1.18 bits per heavy atom. The van der Waals surface area contributed by atoms with Crippen molar-refractivity contribution in [2.75, 3.05) is 25.5 Å². The monoisotopic (exact) mass is 451 g/mol. The number of anilines is 1. The fraction of sp³-hybridized carbons (Fsp3) is 0.462. The van der Waals surface area contributed by atoms with Gasteiger partial charge < -0.3 is 11.1 Å². The maximum absolute atomic E-state index is 15.1. The summed E-state index contributed by atoms with van der Waals surface area (Å²) in [5.41, 5.74) is 6.46. The van der Waals surface area contributed by atoms with E-state index in [1.807, 2.05) is 6.07 Å². The summed E-state index contributed by atoms with van der Waals surface area (Å²) in [6.45, 7) is 8.28. The van der Waals surface area contributed by atoms with E-state index in [4.69, 9.17) is 5.73 Å². The van der Waals surface area contributed by atoms with Gasteiger partial charge in [0, 0.05) is 37.4 Å². The van der Waals surface area contributed by atoms with Crippen molar-refractivity contribution in [2.45, 2.75) is 51.7 Å². The van der Waals surface area contributed by atoms with Crippen LogP contribution in [-0.2, 0) is 16.9 Å². The van der Waals surface area contributed by atoms with Gasteiger partial charge in [-0.1, -0.05) is 30.3 Å². The number of nitrogens with one attached hydrogen (secondary N) is 1. The van der Waals surface area contributed by atoms with Gasteiger partial charge in [-0.3, -0.25) is 14.6 Å². The number of halogens is 1. The molecule has 1 fully saturated rings. The SMILES string of the molecule is CN1C(=O)C(C)(C)C(C)(c2cc(NC3CCCN(Cc4ccccc4)C3)ccc2F)N=C1N. The molecule has 1 saturated heterocycles. The van der Waals surface area contributed by atoms with Gasteiger partial charge in [0.1, 0.15) is 11.4 Å². The molecule has 6 nitrogen and oxygen atoms in total. The van der Waals surface area contributed by atoms with Gasteiger partial charge in [0.2, 0.25) is 5.91 Å². The van der Waals surface area contributed by atoms with Crippen molar-refractivity contribution >= 4 is 17.6 Å². The van der Waals surface area contributed by atoms with Gasteiger partial charge in [-0.05, 0) is 63.9 Å². The lowest BCUT2D eigenvalue weighted by Gasteiger charge is -2.46. The number of rotatable bonds is 5. The maximum Gasteiger partial charge on any atom is 0.237 e. The molecular formula is C26H34FN5O. The molecule has 2 aliphatic rings. The molecule has 7 heteroatoms. The number of guanidine groups is 1. The lowest BCUT2D eigenvalue weighted by atomic mass is 9.67. The van der Waals surface area contributed by atoms with Crippen molar-refractivity contribution in [1.82, 2.24) is 9.80 Å². The van der Waals surface area contributed by atoms with E-state index in [0.29, 0.717) is 5.56 Å². The van der Waals surface area contributed by atoms with Gasteiger partial charge in [0.25, 0.3) is 0 Å². The lowest BCUT2D eigenvalue weighted by Crippen LogP contribution is -2.58. The second-order valence-corrected chi connectivity index (χ2v) is 9.93. The van der Waals surface area contributed by atoms with Crippen LogP contribution in [0.1, 0.15) is 44.7 Å². The highest BCUT2D eigenvalue weighted by atomic mass is 19.1. The van der Waals surface area contributed by atoms with E-state index < -0.39 is 11.0 Å². The third-order valence-corrected chi connectivity index (χ3v) is 7.35. The molecule has 176 valence electrons. The number of hydrogen-bond acceptors (Lipinski definition) is 5. The molecule has 2 heterocycles. The molecule has 0 saturated carbocycles. The summed E-state index contributed by atoms with van der Waals surface area (Å²) in [5.74, 6) is -0.470. The van der Waals surface area contributed by atoms with Gasteiger partial charge in [0.15, 0.2) is 5.96 Å². The Morgan fingerprint density at radius 3 is 2.64 bits per heavy atom. The summed E-state index contributed by atoms with van der Waals surface area (Å²) in [5, 5.41) is 3.60. The number of nitrogens with zero attached hydrogens (tertiary/aromatic N) is 3. The number of aliphatic imine (C=N–C) groups is 1. The van der Waals surface area contributed by atoms with Gasteiger partial charge in [0.05, 0.1) is 5.41 Å². The van der Waals surface area contributed by atoms with Gasteiger partial charge >= 0.3 is 0 Å².